The molecule has 16 heavy (non-hydrogen) atoms. The van der Waals surface area contributed by atoms with Gasteiger partial charge in [0.25, 0.3) is 0 Å². The monoisotopic (exact) mass is 239 g/mol. The van der Waals surface area contributed by atoms with Crippen LogP contribution in [0.15, 0.2) is 36.4 Å². The summed E-state index contributed by atoms with van der Waals surface area (Å²) in [7, 11) is 0. The molecular weight excluding hydrogens is 232 g/mol. The number of anilines is 1. The summed E-state index contributed by atoms with van der Waals surface area (Å²) in [4.78, 5) is 0. The minimum atomic E-state index is -0.906. The third kappa shape index (κ3) is 1.99. The summed E-state index contributed by atoms with van der Waals surface area (Å²) >= 11 is 5.81. The highest BCUT2D eigenvalue weighted by Gasteiger charge is 2.07. The van der Waals surface area contributed by atoms with Gasteiger partial charge in [-0.25, -0.2) is 8.78 Å². The smallest absolute Gasteiger partial charge is 0.159 e. The Balaban J connectivity index is 2.58. The van der Waals surface area contributed by atoms with E-state index in [2.05, 4.69) is 0 Å². The molecule has 1 nitrogen and oxygen atoms in total. The molecule has 0 saturated heterocycles. The van der Waals surface area contributed by atoms with Crippen LogP contribution in [-0.2, 0) is 0 Å². The molecule has 2 N–H and O–H groups in total. The second-order valence-corrected chi connectivity index (χ2v) is 3.80. The lowest BCUT2D eigenvalue weighted by atomic mass is 10.0. The van der Waals surface area contributed by atoms with Gasteiger partial charge < -0.3 is 5.73 Å². The largest absolute Gasteiger partial charge is 0.398 e. The third-order valence-electron chi connectivity index (χ3n) is 2.25. The average Bonchev–Trinajstić information content (AvgIpc) is 2.26. The lowest BCUT2D eigenvalue weighted by Gasteiger charge is -2.06. The highest BCUT2D eigenvalue weighted by atomic mass is 35.5. The summed E-state index contributed by atoms with van der Waals surface area (Å²) in [6.45, 7) is 0. The molecular formula is C12H8ClF2N. The first-order valence-electron chi connectivity index (χ1n) is 4.58. The van der Waals surface area contributed by atoms with E-state index in [9.17, 15) is 8.78 Å². The first-order chi connectivity index (χ1) is 7.58. The Bertz CT molecular complexity index is 541. The molecule has 4 heteroatoms. The fraction of sp³-hybridized carbons (Fsp3) is 0. The van der Waals surface area contributed by atoms with Crippen molar-refractivity contribution in [2.24, 2.45) is 0 Å². The predicted octanol–water partition coefficient (Wildman–Crippen LogP) is 3.87. The summed E-state index contributed by atoms with van der Waals surface area (Å²) in [6.07, 6.45) is 0. The number of benzene rings is 2. The summed E-state index contributed by atoms with van der Waals surface area (Å²) < 4.78 is 25.8. The van der Waals surface area contributed by atoms with E-state index in [1.54, 1.807) is 18.2 Å². The van der Waals surface area contributed by atoms with Gasteiger partial charge in [0.05, 0.1) is 0 Å². The van der Waals surface area contributed by atoms with Crippen molar-refractivity contribution in [1.82, 2.24) is 0 Å². The van der Waals surface area contributed by atoms with Crippen LogP contribution in [0.3, 0.4) is 0 Å². The summed E-state index contributed by atoms with van der Waals surface area (Å²) in [5, 5.41) is 0.494. The maximum absolute atomic E-state index is 13.0. The number of hydrogen-bond acceptors (Lipinski definition) is 1. The van der Waals surface area contributed by atoms with Crippen LogP contribution in [0.1, 0.15) is 0 Å². The molecule has 0 unspecified atom stereocenters. The highest BCUT2D eigenvalue weighted by Crippen LogP contribution is 2.29. The van der Waals surface area contributed by atoms with Crippen molar-refractivity contribution in [3.8, 4) is 11.1 Å². The maximum Gasteiger partial charge on any atom is 0.159 e. The van der Waals surface area contributed by atoms with E-state index in [0.717, 1.165) is 12.1 Å². The van der Waals surface area contributed by atoms with Crippen LogP contribution in [0, 0.1) is 11.6 Å². The van der Waals surface area contributed by atoms with E-state index in [1.807, 2.05) is 0 Å². The molecule has 2 rings (SSSR count). The number of halogens is 3. The Morgan fingerprint density at radius 2 is 1.69 bits per heavy atom. The van der Waals surface area contributed by atoms with Gasteiger partial charge in [0.1, 0.15) is 0 Å². The SMILES string of the molecule is Nc1ccc(Cl)cc1-c1ccc(F)c(F)c1. The van der Waals surface area contributed by atoms with E-state index in [1.165, 1.54) is 6.07 Å². The van der Waals surface area contributed by atoms with Crippen molar-refractivity contribution in [2.45, 2.75) is 0 Å². The van der Waals surface area contributed by atoms with E-state index in [0.29, 0.717) is 21.8 Å². The van der Waals surface area contributed by atoms with Crippen molar-refractivity contribution in [1.29, 1.82) is 0 Å². The van der Waals surface area contributed by atoms with E-state index in [4.69, 9.17) is 17.3 Å². The van der Waals surface area contributed by atoms with Crippen LogP contribution >= 0.6 is 11.6 Å². The number of nitrogens with two attached hydrogens (primary N) is 1. The molecule has 2 aromatic carbocycles. The van der Waals surface area contributed by atoms with Crippen LogP contribution in [0.2, 0.25) is 5.02 Å². The zero-order chi connectivity index (χ0) is 11.7. The average molecular weight is 240 g/mol. The Kier molecular flexibility index (Phi) is 2.79. The van der Waals surface area contributed by atoms with Crippen molar-refractivity contribution in [3.05, 3.63) is 53.1 Å². The van der Waals surface area contributed by atoms with Crippen LogP contribution in [-0.4, -0.2) is 0 Å². The van der Waals surface area contributed by atoms with E-state index in [-0.39, 0.29) is 0 Å². The lowest BCUT2D eigenvalue weighted by Crippen LogP contribution is -1.91. The minimum Gasteiger partial charge on any atom is -0.398 e. The van der Waals surface area contributed by atoms with Crippen LogP contribution in [0.4, 0.5) is 14.5 Å². The molecule has 0 atom stereocenters. The second kappa shape index (κ2) is 4.10. The van der Waals surface area contributed by atoms with Crippen LogP contribution in [0.5, 0.6) is 0 Å². The standard InChI is InChI=1S/C12H8ClF2N/c13-8-2-4-12(16)9(6-8)7-1-3-10(14)11(15)5-7/h1-6H,16H2. The molecule has 0 aliphatic heterocycles. The quantitative estimate of drug-likeness (QED) is 0.751. The van der Waals surface area contributed by atoms with Gasteiger partial charge in [0.2, 0.25) is 0 Å². The van der Waals surface area contributed by atoms with Gasteiger partial charge in [-0.15, -0.1) is 0 Å². The molecule has 0 spiro atoms. The van der Waals surface area contributed by atoms with Crippen molar-refractivity contribution in [2.75, 3.05) is 5.73 Å². The zero-order valence-corrected chi connectivity index (χ0v) is 8.93. The normalized spacial score (nSPS) is 10.4. The topological polar surface area (TPSA) is 26.0 Å². The van der Waals surface area contributed by atoms with E-state index >= 15 is 0 Å². The van der Waals surface area contributed by atoms with Gasteiger partial charge in [-0.3, -0.25) is 0 Å². The zero-order valence-electron chi connectivity index (χ0n) is 8.18. The summed E-state index contributed by atoms with van der Waals surface area (Å²) in [5.41, 5.74) is 7.29. The van der Waals surface area contributed by atoms with Gasteiger partial charge >= 0.3 is 0 Å². The van der Waals surface area contributed by atoms with Crippen LogP contribution < -0.4 is 5.73 Å². The van der Waals surface area contributed by atoms with E-state index < -0.39 is 11.6 Å². The minimum absolute atomic E-state index is 0.468. The highest BCUT2D eigenvalue weighted by molar-refractivity contribution is 6.31. The molecule has 0 aliphatic rings. The van der Waals surface area contributed by atoms with Crippen molar-refractivity contribution in [3.63, 3.8) is 0 Å². The molecule has 0 heterocycles. The number of hydrogen-bond donors (Lipinski definition) is 1. The van der Waals surface area contributed by atoms with Gasteiger partial charge in [0.15, 0.2) is 11.6 Å². The van der Waals surface area contributed by atoms with Gasteiger partial charge in [-0.2, -0.15) is 0 Å². The number of rotatable bonds is 1. The molecule has 0 fully saturated rings. The Morgan fingerprint density at radius 3 is 2.38 bits per heavy atom. The molecule has 2 aromatic rings. The second-order valence-electron chi connectivity index (χ2n) is 3.36. The first kappa shape index (κ1) is 10.9. The Hall–Kier alpha value is -1.61. The van der Waals surface area contributed by atoms with Crippen LogP contribution in [0.25, 0.3) is 11.1 Å². The fourth-order valence-corrected chi connectivity index (χ4v) is 1.61. The molecule has 0 aliphatic carbocycles. The summed E-state index contributed by atoms with van der Waals surface area (Å²) in [5.74, 6) is -1.79. The van der Waals surface area contributed by atoms with Gasteiger partial charge in [-0.1, -0.05) is 17.7 Å². The Morgan fingerprint density at radius 1 is 0.938 bits per heavy atom. The molecule has 0 aromatic heterocycles. The fourth-order valence-electron chi connectivity index (χ4n) is 1.44. The predicted molar refractivity (Wildman–Crippen MR) is 61.2 cm³/mol. The van der Waals surface area contributed by atoms with Crippen molar-refractivity contribution >= 4 is 17.3 Å². The molecule has 0 amide bonds. The molecule has 0 bridgehead atoms. The van der Waals surface area contributed by atoms with Crippen molar-refractivity contribution < 1.29 is 8.78 Å². The van der Waals surface area contributed by atoms with Gasteiger partial charge in [-0.05, 0) is 35.9 Å². The number of nitrogen functional groups attached to an aromatic ring is 1. The maximum atomic E-state index is 13.0. The third-order valence-corrected chi connectivity index (χ3v) is 2.48. The Labute approximate surface area is 96.5 Å². The molecule has 82 valence electrons. The first-order valence-corrected chi connectivity index (χ1v) is 4.96. The van der Waals surface area contributed by atoms with Gasteiger partial charge in [0, 0.05) is 16.3 Å². The summed E-state index contributed by atoms with van der Waals surface area (Å²) in [6, 6.07) is 8.49. The molecule has 0 radical (unpaired) electrons. The molecule has 0 saturated carbocycles. The lowest BCUT2D eigenvalue weighted by molar-refractivity contribution is 0.509.